The van der Waals surface area contributed by atoms with Gasteiger partial charge in [-0.1, -0.05) is 216 Å². The number of ketones is 1. The third kappa shape index (κ3) is 13.7. The van der Waals surface area contributed by atoms with Crippen LogP contribution in [-0.2, 0) is 50.6 Å². The molecule has 2 aliphatic rings. The quantitative estimate of drug-likeness (QED) is 0.0601. The molecule has 1 radical (unpaired) electrons. The number of aliphatic hydroxyl groups excluding tert-OH is 1. The third-order valence-corrected chi connectivity index (χ3v) is 16.8. The Kier molecular flexibility index (Phi) is 17.5. The summed E-state index contributed by atoms with van der Waals surface area (Å²) in [6, 6.07) is 41.3. The predicted octanol–water partition coefficient (Wildman–Crippen LogP) is 22.8. The first-order chi connectivity index (χ1) is 41.9. The van der Waals surface area contributed by atoms with Crippen molar-refractivity contribution in [2.24, 2.45) is 33.5 Å². The van der Waals surface area contributed by atoms with Gasteiger partial charge < -0.3 is 14.6 Å². The van der Waals surface area contributed by atoms with Crippen molar-refractivity contribution in [1.82, 2.24) is 9.97 Å². The smallest absolute Gasteiger partial charge is 0.162 e. The number of hydrogen-bond donors (Lipinski definition) is 1. The fourth-order valence-corrected chi connectivity index (χ4v) is 12.9. The van der Waals surface area contributed by atoms with Gasteiger partial charge in [0.05, 0.1) is 21.4 Å². The SMILES string of the molecule is CCC(CC)C(=O)/C=C(\O)C(CC)CC.[2H]c1cc2c3c(cc4c(CC(C)(C)C)cccc42)Oc2c([c-]c4ccccc4c2CC(C)(C)C)-c3n1.[2H]c1nc2c3c(cc4c(CC(C)(C)C)cccc4c3c1[2H])Oc1c-2[c-]c2cc(C)ccc2c1CC(C)(C)C.[Ir]. The van der Waals surface area contributed by atoms with E-state index in [0.29, 0.717) is 11.4 Å². The maximum atomic E-state index is 11.7. The number of benzene rings is 8. The Morgan fingerprint density at radius 3 is 1.51 bits per heavy atom. The number of pyridine rings is 2. The predicted molar refractivity (Wildman–Crippen MR) is 363 cm³/mol. The van der Waals surface area contributed by atoms with Crippen LogP contribution in [-0.4, -0.2) is 20.9 Å². The van der Waals surface area contributed by atoms with E-state index in [0.717, 1.165) is 145 Å². The fourth-order valence-electron chi connectivity index (χ4n) is 12.9. The maximum absolute atomic E-state index is 11.7. The molecule has 0 bridgehead atoms. The Balaban J connectivity index is 0.000000174. The number of fused-ring (bicyclic) bond motifs is 10. The van der Waals surface area contributed by atoms with Gasteiger partial charge >= 0.3 is 0 Å². The van der Waals surface area contributed by atoms with Crippen LogP contribution < -0.4 is 9.47 Å². The second-order valence-corrected chi connectivity index (χ2v) is 29.1. The molecule has 87 heavy (non-hydrogen) atoms. The van der Waals surface area contributed by atoms with E-state index in [4.69, 9.17) is 23.6 Å². The van der Waals surface area contributed by atoms with Crippen molar-refractivity contribution in [2.45, 2.75) is 169 Å². The van der Waals surface area contributed by atoms with Gasteiger partial charge in [0.2, 0.25) is 0 Å². The molecule has 7 heteroatoms. The Hall–Kier alpha value is -6.92. The average molecular weight is 1340 g/mol. The number of carbonyl (C=O) groups excluding carboxylic acids is 1. The number of allylic oxidation sites excluding steroid dienone is 2. The largest absolute Gasteiger partial charge is 0.512 e. The molecule has 4 heterocycles. The molecule has 0 unspecified atom stereocenters. The molecule has 2 aliphatic heterocycles. The monoisotopic (exact) mass is 1340 g/mol. The van der Waals surface area contributed by atoms with Crippen molar-refractivity contribution < 1.29 is 43.6 Å². The van der Waals surface area contributed by atoms with Crippen LogP contribution in [0.15, 0.2) is 127 Å². The fraction of sp³-hybridized carbons (Fsp3) is 0.388. The summed E-state index contributed by atoms with van der Waals surface area (Å²) in [5, 5.41) is 22.1. The molecule has 0 spiro atoms. The van der Waals surface area contributed by atoms with E-state index < -0.39 is 0 Å². The van der Waals surface area contributed by atoms with Crippen LogP contribution in [0, 0.1) is 52.6 Å². The Labute approximate surface area is 536 Å². The normalized spacial score (nSPS) is 13.5. The van der Waals surface area contributed by atoms with Gasteiger partial charge in [-0.25, -0.2) is 0 Å². The standard InChI is InChI=1S/C34H34NO.C33H32NO.C13H24O2.Ir/c1-20-11-12-23-22(15-20)16-27-31-30-25(13-14-35-31)24-10-8-9-21(18-33(2,3)4)26(24)17-29(30)36-32(27)28(23)19-34(5,6)7;1-32(2,3)18-21-11-9-13-23-24-14-15-34-30-26-16-20-10-7-8-12-22(20)27(19-33(4,5)6)31(26)35-28(29(24)30)17-25(21)23;1-5-10(6-2)12(14)9-13(15)11(7-3)8-4;/h8-15,17H,18-19H2,1-7H3;7-15,17H,18-19H2,1-6H3;9-11,14H,5-8H2,1-4H3;/q2*-1;;/b;;12-9-;/i13D,14D;15D;;. The molecule has 0 aliphatic carbocycles. The van der Waals surface area contributed by atoms with Crippen LogP contribution >= 0.6 is 0 Å². The Bertz CT molecular complexity index is 4450. The number of ether oxygens (including phenoxy) is 2. The van der Waals surface area contributed by atoms with Crippen molar-refractivity contribution in [2.75, 3.05) is 0 Å². The van der Waals surface area contributed by atoms with Crippen molar-refractivity contribution in [3.63, 3.8) is 0 Å². The van der Waals surface area contributed by atoms with Crippen LogP contribution in [0.1, 0.15) is 168 Å². The second-order valence-electron chi connectivity index (χ2n) is 29.1. The minimum atomic E-state index is -0.0184. The van der Waals surface area contributed by atoms with E-state index >= 15 is 0 Å². The number of carbonyl (C=O) groups is 1. The summed E-state index contributed by atoms with van der Waals surface area (Å²) in [7, 11) is 0. The number of aliphatic hydroxyl groups is 1. The first-order valence-corrected chi connectivity index (χ1v) is 31.4. The van der Waals surface area contributed by atoms with Crippen LogP contribution in [0.5, 0.6) is 23.0 Å². The molecular formula is C80H90IrN2O4-2. The molecule has 2 aromatic heterocycles. The number of hydrogen-bond acceptors (Lipinski definition) is 6. The number of aromatic nitrogens is 2. The molecule has 0 fully saturated rings. The van der Waals surface area contributed by atoms with Gasteiger partial charge in [0.25, 0.3) is 0 Å². The van der Waals surface area contributed by atoms with Crippen molar-refractivity contribution >= 4 is 70.4 Å². The molecule has 0 saturated carbocycles. The second kappa shape index (κ2) is 25.3. The van der Waals surface area contributed by atoms with E-state index in [1.54, 1.807) is 0 Å². The van der Waals surface area contributed by atoms with Gasteiger partial charge in [-0.2, -0.15) is 0 Å². The van der Waals surface area contributed by atoms with E-state index in [-0.39, 0.29) is 83.5 Å². The summed E-state index contributed by atoms with van der Waals surface area (Å²) in [5.41, 5.74) is 9.56. The van der Waals surface area contributed by atoms with Gasteiger partial charge in [0.1, 0.15) is 11.5 Å². The van der Waals surface area contributed by atoms with Gasteiger partial charge in [-0.15, -0.1) is 35.0 Å². The van der Waals surface area contributed by atoms with Gasteiger partial charge in [-0.3, -0.25) is 14.8 Å². The van der Waals surface area contributed by atoms with Crippen LogP contribution in [0.4, 0.5) is 0 Å². The van der Waals surface area contributed by atoms with Gasteiger partial charge in [-0.05, 0) is 148 Å². The summed E-state index contributed by atoms with van der Waals surface area (Å²) in [6.07, 6.45) is 8.72. The van der Waals surface area contributed by atoms with E-state index in [2.05, 4.69) is 193 Å². The Morgan fingerprint density at radius 1 is 0.529 bits per heavy atom. The third-order valence-electron chi connectivity index (χ3n) is 16.8. The summed E-state index contributed by atoms with van der Waals surface area (Å²) in [4.78, 5) is 21.2. The summed E-state index contributed by atoms with van der Waals surface area (Å²) >= 11 is 0. The molecule has 12 rings (SSSR count). The summed E-state index contributed by atoms with van der Waals surface area (Å²) in [5.74, 6) is 3.71. The minimum absolute atomic E-state index is 0. The molecule has 0 saturated heterocycles. The maximum Gasteiger partial charge on any atom is 0.162 e. The van der Waals surface area contributed by atoms with Crippen LogP contribution in [0.2, 0.25) is 0 Å². The summed E-state index contributed by atoms with van der Waals surface area (Å²) < 4.78 is 39.9. The zero-order valence-electron chi connectivity index (χ0n) is 57.5. The molecule has 6 nitrogen and oxygen atoms in total. The minimum Gasteiger partial charge on any atom is -0.512 e. The van der Waals surface area contributed by atoms with Crippen LogP contribution in [0.25, 0.3) is 87.1 Å². The number of rotatable bonds is 11. The van der Waals surface area contributed by atoms with E-state index in [9.17, 15) is 9.90 Å². The van der Waals surface area contributed by atoms with Gasteiger partial charge in [0, 0.05) is 72.5 Å². The number of aryl methyl sites for hydroxylation is 1. The van der Waals surface area contributed by atoms with Crippen molar-refractivity contribution in [3.05, 3.63) is 167 Å². The zero-order chi connectivity index (χ0) is 64.4. The molecule has 0 atom stereocenters. The summed E-state index contributed by atoms with van der Waals surface area (Å²) in [6.45, 7) is 37.2. The van der Waals surface area contributed by atoms with E-state index in [1.165, 1.54) is 39.1 Å². The molecule has 455 valence electrons. The van der Waals surface area contributed by atoms with Crippen molar-refractivity contribution in [1.29, 1.82) is 0 Å². The first kappa shape index (κ1) is 60.4. The zero-order valence-corrected chi connectivity index (χ0v) is 56.9. The molecule has 0 amide bonds. The molecule has 10 aromatic rings. The number of nitrogens with zero attached hydrogens (tertiary/aromatic N) is 2. The topological polar surface area (TPSA) is 81.5 Å². The first-order valence-electron chi connectivity index (χ1n) is 32.9. The van der Waals surface area contributed by atoms with Crippen LogP contribution in [0.3, 0.4) is 0 Å². The van der Waals surface area contributed by atoms with Crippen molar-refractivity contribution in [3.8, 4) is 45.5 Å². The molecular weight excluding hydrogens is 1250 g/mol. The Morgan fingerprint density at radius 2 is 0.989 bits per heavy atom. The average Bonchev–Trinajstić information content (AvgIpc) is 0.725. The molecule has 8 aromatic carbocycles. The molecule has 1 N–H and O–H groups in total. The van der Waals surface area contributed by atoms with Gasteiger partial charge in [0.15, 0.2) is 5.78 Å². The van der Waals surface area contributed by atoms with E-state index in [1.807, 2.05) is 33.8 Å².